The second-order valence-corrected chi connectivity index (χ2v) is 3.10. The average Bonchev–Trinajstić information content (AvgIpc) is 2.15. The normalized spacial score (nSPS) is 11.0. The molecule has 0 unspecified atom stereocenters. The molecule has 0 amide bonds. The zero-order valence-electron chi connectivity index (χ0n) is 8.08. The molecule has 1 rings (SSSR count). The Bertz CT molecular complexity index is 292. The van der Waals surface area contributed by atoms with E-state index in [4.69, 9.17) is 4.74 Å². The molecule has 0 N–H and O–H groups in total. The first-order valence-electron chi connectivity index (χ1n) is 4.33. The Kier molecular flexibility index (Phi) is 3.73. The molecule has 0 bridgehead atoms. The van der Waals surface area contributed by atoms with Gasteiger partial charge in [-0.25, -0.2) is 13.8 Å². The first-order valence-corrected chi connectivity index (χ1v) is 4.33. The van der Waals surface area contributed by atoms with Gasteiger partial charge in [0.1, 0.15) is 5.69 Å². The largest absolute Gasteiger partial charge is 0.470 e. The quantitative estimate of drug-likeness (QED) is 0.751. The van der Waals surface area contributed by atoms with Crippen LogP contribution in [0.2, 0.25) is 0 Å². The Morgan fingerprint density at radius 1 is 1.29 bits per heavy atom. The van der Waals surface area contributed by atoms with Crippen molar-refractivity contribution in [2.75, 3.05) is 6.61 Å². The van der Waals surface area contributed by atoms with Crippen LogP contribution in [0.1, 0.15) is 25.5 Å². The summed E-state index contributed by atoms with van der Waals surface area (Å²) in [5.74, 6) is 0.305. The van der Waals surface area contributed by atoms with Crippen molar-refractivity contribution in [2.24, 2.45) is 0 Å². The monoisotopic (exact) mass is 202 g/mol. The molecule has 3 nitrogen and oxygen atoms in total. The van der Waals surface area contributed by atoms with Gasteiger partial charge in [0.2, 0.25) is 5.88 Å². The van der Waals surface area contributed by atoms with E-state index < -0.39 is 13.0 Å². The van der Waals surface area contributed by atoms with Crippen molar-refractivity contribution in [1.29, 1.82) is 0 Å². The third-order valence-corrected chi connectivity index (χ3v) is 1.58. The molecule has 0 spiro atoms. The summed E-state index contributed by atoms with van der Waals surface area (Å²) in [7, 11) is 0. The van der Waals surface area contributed by atoms with E-state index in [1.807, 2.05) is 13.8 Å². The molecular formula is C9H12F2N2O. The van der Waals surface area contributed by atoms with Crippen molar-refractivity contribution in [2.45, 2.75) is 26.2 Å². The fourth-order valence-electron chi connectivity index (χ4n) is 0.985. The third-order valence-electron chi connectivity index (χ3n) is 1.58. The standard InChI is InChI=1S/C9H12F2N2O/c1-6(2)8-9(13-4-3-12-8)14-5-7(10)11/h3-4,6-7H,5H2,1-2H3. The molecule has 1 aromatic rings. The van der Waals surface area contributed by atoms with Crippen LogP contribution in [0.3, 0.4) is 0 Å². The van der Waals surface area contributed by atoms with Gasteiger partial charge in [-0.2, -0.15) is 0 Å². The summed E-state index contributed by atoms with van der Waals surface area (Å²) in [6.45, 7) is 3.16. The number of ether oxygens (including phenoxy) is 1. The first kappa shape index (κ1) is 10.8. The summed E-state index contributed by atoms with van der Waals surface area (Å²) in [6, 6.07) is 0. The molecule has 0 atom stereocenters. The van der Waals surface area contributed by atoms with Gasteiger partial charge >= 0.3 is 0 Å². The summed E-state index contributed by atoms with van der Waals surface area (Å²) in [4.78, 5) is 7.88. The van der Waals surface area contributed by atoms with Gasteiger partial charge in [-0.15, -0.1) is 0 Å². The van der Waals surface area contributed by atoms with E-state index in [1.54, 1.807) is 0 Å². The molecule has 14 heavy (non-hydrogen) atoms. The molecule has 0 saturated carbocycles. The SMILES string of the molecule is CC(C)c1nccnc1OCC(F)F. The number of alkyl halides is 2. The van der Waals surface area contributed by atoms with Crippen molar-refractivity contribution >= 4 is 0 Å². The number of rotatable bonds is 4. The van der Waals surface area contributed by atoms with Crippen LogP contribution in [0.25, 0.3) is 0 Å². The molecule has 78 valence electrons. The minimum Gasteiger partial charge on any atom is -0.470 e. The van der Waals surface area contributed by atoms with E-state index in [0.29, 0.717) is 5.69 Å². The van der Waals surface area contributed by atoms with Gasteiger partial charge < -0.3 is 4.74 Å². The van der Waals surface area contributed by atoms with Crippen molar-refractivity contribution in [3.63, 3.8) is 0 Å². The zero-order chi connectivity index (χ0) is 10.6. The van der Waals surface area contributed by atoms with Crippen LogP contribution in [0.4, 0.5) is 8.78 Å². The number of hydrogen-bond donors (Lipinski definition) is 0. The summed E-state index contributed by atoms with van der Waals surface area (Å²) in [6.07, 6.45) is 0.453. The van der Waals surface area contributed by atoms with Crippen LogP contribution in [0, 0.1) is 0 Å². The fourth-order valence-corrected chi connectivity index (χ4v) is 0.985. The summed E-state index contributed by atoms with van der Waals surface area (Å²) < 4.78 is 28.6. The Labute approximate surface area is 81.1 Å². The summed E-state index contributed by atoms with van der Waals surface area (Å²) >= 11 is 0. The molecule has 0 saturated heterocycles. The molecule has 1 aromatic heterocycles. The number of nitrogens with zero attached hydrogens (tertiary/aromatic N) is 2. The minimum absolute atomic E-state index is 0.108. The maximum absolute atomic E-state index is 11.9. The highest BCUT2D eigenvalue weighted by atomic mass is 19.3. The fraction of sp³-hybridized carbons (Fsp3) is 0.556. The number of halogens is 2. The average molecular weight is 202 g/mol. The second-order valence-electron chi connectivity index (χ2n) is 3.10. The number of hydrogen-bond acceptors (Lipinski definition) is 3. The Balaban J connectivity index is 2.74. The van der Waals surface area contributed by atoms with E-state index in [1.165, 1.54) is 12.4 Å². The van der Waals surface area contributed by atoms with Gasteiger partial charge in [0, 0.05) is 18.3 Å². The van der Waals surface area contributed by atoms with Gasteiger partial charge in [0.05, 0.1) is 0 Å². The third kappa shape index (κ3) is 2.90. The maximum Gasteiger partial charge on any atom is 0.272 e. The van der Waals surface area contributed by atoms with E-state index in [-0.39, 0.29) is 11.8 Å². The minimum atomic E-state index is -2.49. The maximum atomic E-state index is 11.9. The van der Waals surface area contributed by atoms with Crippen LogP contribution in [0.5, 0.6) is 5.88 Å². The van der Waals surface area contributed by atoms with Crippen LogP contribution in [0.15, 0.2) is 12.4 Å². The van der Waals surface area contributed by atoms with Gasteiger partial charge in [0.25, 0.3) is 6.43 Å². The molecular weight excluding hydrogens is 190 g/mol. The van der Waals surface area contributed by atoms with Crippen molar-refractivity contribution in [3.8, 4) is 5.88 Å². The lowest BCUT2D eigenvalue weighted by Crippen LogP contribution is -2.10. The predicted molar refractivity (Wildman–Crippen MR) is 47.6 cm³/mol. The van der Waals surface area contributed by atoms with Crippen LogP contribution >= 0.6 is 0 Å². The smallest absolute Gasteiger partial charge is 0.272 e. The lowest BCUT2D eigenvalue weighted by Gasteiger charge is -2.10. The van der Waals surface area contributed by atoms with E-state index in [0.717, 1.165) is 0 Å². The molecule has 0 aliphatic carbocycles. The van der Waals surface area contributed by atoms with Crippen LogP contribution < -0.4 is 4.74 Å². The van der Waals surface area contributed by atoms with Gasteiger partial charge in [0.15, 0.2) is 6.61 Å². The molecule has 0 aliphatic heterocycles. The summed E-state index contributed by atoms with van der Waals surface area (Å²) in [5, 5.41) is 0. The highest BCUT2D eigenvalue weighted by Crippen LogP contribution is 2.20. The Morgan fingerprint density at radius 2 is 1.93 bits per heavy atom. The predicted octanol–water partition coefficient (Wildman–Crippen LogP) is 2.24. The molecule has 0 aliphatic rings. The topological polar surface area (TPSA) is 35.0 Å². The first-order chi connectivity index (χ1) is 6.61. The van der Waals surface area contributed by atoms with Crippen molar-refractivity contribution in [1.82, 2.24) is 9.97 Å². The van der Waals surface area contributed by atoms with E-state index in [9.17, 15) is 8.78 Å². The number of aromatic nitrogens is 2. The van der Waals surface area contributed by atoms with Gasteiger partial charge in [-0.05, 0) is 0 Å². The second kappa shape index (κ2) is 4.83. The zero-order valence-corrected chi connectivity index (χ0v) is 8.08. The Morgan fingerprint density at radius 3 is 2.50 bits per heavy atom. The highest BCUT2D eigenvalue weighted by Gasteiger charge is 2.12. The van der Waals surface area contributed by atoms with Crippen molar-refractivity contribution in [3.05, 3.63) is 18.1 Å². The molecule has 0 aromatic carbocycles. The lowest BCUT2D eigenvalue weighted by atomic mass is 10.1. The Hall–Kier alpha value is -1.26. The molecule has 1 heterocycles. The van der Waals surface area contributed by atoms with Crippen LogP contribution in [-0.4, -0.2) is 23.0 Å². The molecule has 0 radical (unpaired) electrons. The highest BCUT2D eigenvalue weighted by molar-refractivity contribution is 5.20. The summed E-state index contributed by atoms with van der Waals surface area (Å²) in [5.41, 5.74) is 0.605. The molecule has 5 heteroatoms. The van der Waals surface area contributed by atoms with Gasteiger partial charge in [-0.3, -0.25) is 4.98 Å². The van der Waals surface area contributed by atoms with Crippen LogP contribution in [-0.2, 0) is 0 Å². The van der Waals surface area contributed by atoms with E-state index in [2.05, 4.69) is 9.97 Å². The lowest BCUT2D eigenvalue weighted by molar-refractivity contribution is 0.0786. The molecule has 0 fully saturated rings. The van der Waals surface area contributed by atoms with Crippen molar-refractivity contribution < 1.29 is 13.5 Å². The van der Waals surface area contributed by atoms with Gasteiger partial charge in [-0.1, -0.05) is 13.8 Å². The van der Waals surface area contributed by atoms with E-state index >= 15 is 0 Å².